The number of rotatable bonds is 6. The van der Waals surface area contributed by atoms with E-state index in [2.05, 4.69) is 37.7 Å². The summed E-state index contributed by atoms with van der Waals surface area (Å²) >= 11 is 3.42. The van der Waals surface area contributed by atoms with Crippen molar-refractivity contribution in [2.45, 2.75) is 13.3 Å². The molecule has 0 radical (unpaired) electrons. The number of anilines is 1. The molecule has 6 nitrogen and oxygen atoms in total. The maximum atomic E-state index is 10.7. The van der Waals surface area contributed by atoms with Gasteiger partial charge in [-0.25, -0.2) is 4.98 Å². The van der Waals surface area contributed by atoms with E-state index in [0.29, 0.717) is 5.52 Å². The van der Waals surface area contributed by atoms with Crippen molar-refractivity contribution in [2.75, 3.05) is 23.3 Å². The molecule has 1 aromatic carbocycles. The highest BCUT2D eigenvalue weighted by molar-refractivity contribution is 9.09. The van der Waals surface area contributed by atoms with Gasteiger partial charge in [0.15, 0.2) is 0 Å². The van der Waals surface area contributed by atoms with Crippen molar-refractivity contribution >= 4 is 38.6 Å². The number of halogens is 1. The number of H-pyrrole nitrogens is 1. The fourth-order valence-electron chi connectivity index (χ4n) is 1.94. The van der Waals surface area contributed by atoms with Crippen molar-refractivity contribution in [3.63, 3.8) is 0 Å². The average Bonchev–Trinajstić information content (AvgIpc) is 2.80. The third-order valence-electron chi connectivity index (χ3n) is 2.81. The minimum atomic E-state index is -0.401. The molecule has 102 valence electrons. The molecular formula is C12H15BrN4O2. The lowest BCUT2D eigenvalue weighted by Gasteiger charge is -2.19. The van der Waals surface area contributed by atoms with Crippen LogP contribution in [-0.2, 0) is 0 Å². The van der Waals surface area contributed by atoms with E-state index in [-0.39, 0.29) is 5.69 Å². The van der Waals surface area contributed by atoms with Gasteiger partial charge in [-0.1, -0.05) is 22.9 Å². The van der Waals surface area contributed by atoms with E-state index in [1.54, 1.807) is 6.07 Å². The molecular weight excluding hydrogens is 312 g/mol. The standard InChI is InChI=1S/C12H15BrN4O2/c1-2-6-16(7-5-13)12-14-10-4-3-9(17(18)19)8-11(10)15-12/h3-4,8H,2,5-7H2,1H3,(H,14,15). The molecule has 0 aliphatic rings. The Morgan fingerprint density at radius 3 is 2.89 bits per heavy atom. The summed E-state index contributed by atoms with van der Waals surface area (Å²) in [7, 11) is 0. The molecule has 2 rings (SSSR count). The molecule has 0 aliphatic carbocycles. The minimum Gasteiger partial charge on any atom is -0.342 e. The minimum absolute atomic E-state index is 0.0743. The van der Waals surface area contributed by atoms with E-state index in [1.165, 1.54) is 12.1 Å². The molecule has 19 heavy (non-hydrogen) atoms. The second-order valence-electron chi connectivity index (χ2n) is 4.20. The van der Waals surface area contributed by atoms with Gasteiger partial charge < -0.3 is 9.88 Å². The molecule has 0 saturated carbocycles. The summed E-state index contributed by atoms with van der Waals surface area (Å²) in [6, 6.07) is 4.66. The third kappa shape index (κ3) is 3.04. The lowest BCUT2D eigenvalue weighted by atomic mass is 10.3. The summed E-state index contributed by atoms with van der Waals surface area (Å²) in [6.45, 7) is 3.85. The van der Waals surface area contributed by atoms with Gasteiger partial charge >= 0.3 is 0 Å². The molecule has 0 spiro atoms. The van der Waals surface area contributed by atoms with Gasteiger partial charge in [0, 0.05) is 30.6 Å². The Morgan fingerprint density at radius 1 is 1.47 bits per heavy atom. The van der Waals surface area contributed by atoms with Crippen LogP contribution in [0.4, 0.5) is 11.6 Å². The number of nitrogens with zero attached hydrogens (tertiary/aromatic N) is 3. The smallest absolute Gasteiger partial charge is 0.271 e. The Bertz CT molecular complexity index is 578. The summed E-state index contributed by atoms with van der Waals surface area (Å²) in [4.78, 5) is 20.1. The van der Waals surface area contributed by atoms with E-state index in [9.17, 15) is 10.1 Å². The zero-order valence-electron chi connectivity index (χ0n) is 10.6. The van der Waals surface area contributed by atoms with Gasteiger partial charge in [0.1, 0.15) is 0 Å². The van der Waals surface area contributed by atoms with Crippen molar-refractivity contribution in [3.05, 3.63) is 28.3 Å². The van der Waals surface area contributed by atoms with Gasteiger partial charge in [-0.05, 0) is 12.5 Å². The van der Waals surface area contributed by atoms with Crippen LogP contribution in [0, 0.1) is 10.1 Å². The van der Waals surface area contributed by atoms with E-state index in [1.807, 2.05) is 0 Å². The number of nitro groups is 1. The number of benzene rings is 1. The topological polar surface area (TPSA) is 75.1 Å². The van der Waals surface area contributed by atoms with Gasteiger partial charge in [-0.3, -0.25) is 10.1 Å². The van der Waals surface area contributed by atoms with Crippen molar-refractivity contribution in [3.8, 4) is 0 Å². The number of non-ortho nitro benzene ring substituents is 1. The number of aromatic nitrogens is 2. The number of hydrogen-bond acceptors (Lipinski definition) is 4. The average molecular weight is 327 g/mol. The van der Waals surface area contributed by atoms with Crippen LogP contribution in [0.25, 0.3) is 11.0 Å². The van der Waals surface area contributed by atoms with E-state index in [0.717, 1.165) is 36.3 Å². The first-order valence-corrected chi connectivity index (χ1v) is 7.23. The van der Waals surface area contributed by atoms with Gasteiger partial charge in [0.05, 0.1) is 16.0 Å². The first-order chi connectivity index (χ1) is 9.15. The summed E-state index contributed by atoms with van der Waals surface area (Å²) < 4.78 is 0. The first-order valence-electron chi connectivity index (χ1n) is 6.10. The molecule has 0 aliphatic heterocycles. The number of imidazole rings is 1. The number of fused-ring (bicyclic) bond motifs is 1. The lowest BCUT2D eigenvalue weighted by molar-refractivity contribution is -0.384. The second-order valence-corrected chi connectivity index (χ2v) is 4.99. The predicted molar refractivity (Wildman–Crippen MR) is 79.0 cm³/mol. The number of nitro benzene ring substituents is 1. The number of aromatic amines is 1. The summed E-state index contributed by atoms with van der Waals surface area (Å²) in [5.74, 6) is 0.761. The highest BCUT2D eigenvalue weighted by Gasteiger charge is 2.13. The molecule has 2 aromatic rings. The molecule has 1 heterocycles. The highest BCUT2D eigenvalue weighted by Crippen LogP contribution is 2.22. The molecule has 1 aromatic heterocycles. The Labute approximate surface area is 119 Å². The molecule has 0 atom stereocenters. The Balaban J connectivity index is 2.36. The van der Waals surface area contributed by atoms with E-state index < -0.39 is 4.92 Å². The lowest BCUT2D eigenvalue weighted by Crippen LogP contribution is -2.27. The largest absolute Gasteiger partial charge is 0.342 e. The van der Waals surface area contributed by atoms with Crippen molar-refractivity contribution in [1.82, 2.24) is 9.97 Å². The summed E-state index contributed by atoms with van der Waals surface area (Å²) in [5, 5.41) is 11.6. The SMILES string of the molecule is CCCN(CCBr)c1nc2ccc([N+](=O)[O-])cc2[nH]1. The maximum absolute atomic E-state index is 10.7. The van der Waals surface area contributed by atoms with Crippen LogP contribution in [-0.4, -0.2) is 33.3 Å². The number of nitrogens with one attached hydrogen (secondary N) is 1. The van der Waals surface area contributed by atoms with Crippen LogP contribution in [0.1, 0.15) is 13.3 Å². The van der Waals surface area contributed by atoms with Crippen molar-refractivity contribution in [2.24, 2.45) is 0 Å². The van der Waals surface area contributed by atoms with E-state index >= 15 is 0 Å². The van der Waals surface area contributed by atoms with Crippen LogP contribution in [0.15, 0.2) is 18.2 Å². The molecule has 0 fully saturated rings. The van der Waals surface area contributed by atoms with Crippen LogP contribution in [0.5, 0.6) is 0 Å². The monoisotopic (exact) mass is 326 g/mol. The Morgan fingerprint density at radius 2 is 2.26 bits per heavy atom. The molecule has 7 heteroatoms. The van der Waals surface area contributed by atoms with Crippen molar-refractivity contribution in [1.29, 1.82) is 0 Å². The fourth-order valence-corrected chi connectivity index (χ4v) is 2.37. The van der Waals surface area contributed by atoms with Crippen LogP contribution >= 0.6 is 15.9 Å². The van der Waals surface area contributed by atoms with Gasteiger partial charge in [0.2, 0.25) is 5.95 Å². The maximum Gasteiger partial charge on any atom is 0.271 e. The molecule has 0 unspecified atom stereocenters. The fraction of sp³-hybridized carbons (Fsp3) is 0.417. The van der Waals surface area contributed by atoms with Crippen LogP contribution in [0.3, 0.4) is 0 Å². The number of alkyl halides is 1. The summed E-state index contributed by atoms with van der Waals surface area (Å²) in [6.07, 6.45) is 1.02. The predicted octanol–water partition coefficient (Wildman–Crippen LogP) is 3.08. The van der Waals surface area contributed by atoms with Crippen LogP contribution < -0.4 is 4.90 Å². The van der Waals surface area contributed by atoms with E-state index in [4.69, 9.17) is 0 Å². The highest BCUT2D eigenvalue weighted by atomic mass is 79.9. The third-order valence-corrected chi connectivity index (χ3v) is 3.17. The zero-order chi connectivity index (χ0) is 13.8. The molecule has 0 saturated heterocycles. The number of hydrogen-bond donors (Lipinski definition) is 1. The Kier molecular flexibility index (Phi) is 4.36. The normalized spacial score (nSPS) is 10.8. The second kappa shape index (κ2) is 6.01. The quantitative estimate of drug-likeness (QED) is 0.503. The molecule has 0 bridgehead atoms. The van der Waals surface area contributed by atoms with Crippen LogP contribution in [0.2, 0.25) is 0 Å². The van der Waals surface area contributed by atoms with Gasteiger partial charge in [0.25, 0.3) is 5.69 Å². The van der Waals surface area contributed by atoms with Gasteiger partial charge in [-0.2, -0.15) is 0 Å². The van der Waals surface area contributed by atoms with Crippen molar-refractivity contribution < 1.29 is 4.92 Å². The molecule has 0 amide bonds. The first kappa shape index (κ1) is 13.8. The Hall–Kier alpha value is -1.63. The summed E-state index contributed by atoms with van der Waals surface area (Å²) in [5.41, 5.74) is 1.52. The molecule has 1 N–H and O–H groups in total. The van der Waals surface area contributed by atoms with Gasteiger partial charge in [-0.15, -0.1) is 0 Å². The zero-order valence-corrected chi connectivity index (χ0v) is 12.2.